The van der Waals surface area contributed by atoms with Gasteiger partial charge in [-0.3, -0.25) is 9.69 Å². The van der Waals surface area contributed by atoms with Crippen LogP contribution >= 0.6 is 0 Å². The Labute approximate surface area is 224 Å². The molecule has 1 saturated carbocycles. The fourth-order valence-electron chi connectivity index (χ4n) is 6.56. The van der Waals surface area contributed by atoms with Gasteiger partial charge in [-0.15, -0.1) is 0 Å². The highest BCUT2D eigenvalue weighted by atomic mass is 16.3. The van der Waals surface area contributed by atoms with Gasteiger partial charge in [-0.05, 0) is 38.8 Å². The summed E-state index contributed by atoms with van der Waals surface area (Å²) < 4.78 is 0. The largest absolute Gasteiger partial charge is 0.392 e. The van der Waals surface area contributed by atoms with Gasteiger partial charge in [-0.1, -0.05) is 31.4 Å². The Kier molecular flexibility index (Phi) is 6.69. The van der Waals surface area contributed by atoms with Gasteiger partial charge in [0.1, 0.15) is 17.7 Å². The number of anilines is 4. The Hall–Kier alpha value is -3.24. The molecule has 6 rings (SSSR count). The molecule has 10 nitrogen and oxygen atoms in total. The van der Waals surface area contributed by atoms with Gasteiger partial charge >= 0.3 is 0 Å². The molecule has 1 aliphatic carbocycles. The molecule has 0 radical (unpaired) electrons. The summed E-state index contributed by atoms with van der Waals surface area (Å²) in [5.74, 6) is 2.03. The summed E-state index contributed by atoms with van der Waals surface area (Å²) in [4.78, 5) is 33.9. The summed E-state index contributed by atoms with van der Waals surface area (Å²) in [6.45, 7) is 8.13. The van der Waals surface area contributed by atoms with Crippen molar-refractivity contribution in [2.75, 3.05) is 47.8 Å². The topological polar surface area (TPSA) is 110 Å². The number of fused-ring (bicyclic) bond motifs is 4. The summed E-state index contributed by atoms with van der Waals surface area (Å²) >= 11 is 0. The van der Waals surface area contributed by atoms with Crippen LogP contribution in [-0.4, -0.2) is 87.3 Å². The molecule has 1 amide bonds. The molecule has 38 heavy (non-hydrogen) atoms. The molecule has 3 N–H and O–H groups in total. The molecule has 0 bridgehead atoms. The van der Waals surface area contributed by atoms with Gasteiger partial charge in [-0.2, -0.15) is 4.98 Å². The molecule has 4 aliphatic rings. The Morgan fingerprint density at radius 2 is 2.03 bits per heavy atom. The van der Waals surface area contributed by atoms with Crippen LogP contribution in [0.3, 0.4) is 0 Å². The standard InChI is InChI=1S/C28H38N8O2/c1-19-16-35(13-12-34(19)17-20(2)37)22-7-9-24(29-15-22)32-27-30-14-21-6-8-23-26(38)31-18-28(10-4-3-5-11-28)36(23)25(21)33-27/h6-9,14-15,19-20,23,37H,3-5,10-13,16-18H2,1-2H3,(H,31,38)(H,29,30,32,33)/t19-,20-,23?/m0/s1. The van der Waals surface area contributed by atoms with Crippen molar-refractivity contribution in [3.05, 3.63) is 36.2 Å². The van der Waals surface area contributed by atoms with Crippen LogP contribution in [0.2, 0.25) is 0 Å². The van der Waals surface area contributed by atoms with E-state index >= 15 is 0 Å². The first kappa shape index (κ1) is 25.1. The SMILES string of the molecule is C[C@H](O)CN1CCN(c2ccc(Nc3ncc4c(n3)N3C(C=C4)C(=O)NCC34CCCCC4)nc2)C[C@@H]1C. The number of nitrogens with zero attached hydrogens (tertiary/aromatic N) is 6. The number of carbonyl (C=O) groups excluding carboxylic acids is 1. The minimum atomic E-state index is -0.335. The lowest BCUT2D eigenvalue weighted by atomic mass is 9.77. The summed E-state index contributed by atoms with van der Waals surface area (Å²) in [7, 11) is 0. The van der Waals surface area contributed by atoms with E-state index in [1.807, 2.05) is 37.5 Å². The van der Waals surface area contributed by atoms with Crippen LogP contribution < -0.4 is 20.4 Å². The molecule has 3 atom stereocenters. The number of carbonyl (C=O) groups is 1. The Morgan fingerprint density at radius 3 is 2.76 bits per heavy atom. The van der Waals surface area contributed by atoms with E-state index in [1.54, 1.807) is 0 Å². The quantitative estimate of drug-likeness (QED) is 0.550. The van der Waals surface area contributed by atoms with E-state index < -0.39 is 0 Å². The molecular weight excluding hydrogens is 480 g/mol. The lowest BCUT2D eigenvalue weighted by Gasteiger charge is -2.54. The van der Waals surface area contributed by atoms with E-state index in [9.17, 15) is 9.90 Å². The van der Waals surface area contributed by atoms with Crippen molar-refractivity contribution in [1.82, 2.24) is 25.2 Å². The minimum Gasteiger partial charge on any atom is -0.392 e. The summed E-state index contributed by atoms with van der Waals surface area (Å²) in [5.41, 5.74) is 1.92. The first-order chi connectivity index (χ1) is 18.4. The Balaban J connectivity index is 1.19. The van der Waals surface area contributed by atoms with Gasteiger partial charge in [0.15, 0.2) is 0 Å². The Bertz CT molecular complexity index is 1190. The van der Waals surface area contributed by atoms with Gasteiger partial charge < -0.3 is 25.5 Å². The average molecular weight is 519 g/mol. The van der Waals surface area contributed by atoms with Crippen LogP contribution in [0.5, 0.6) is 0 Å². The smallest absolute Gasteiger partial charge is 0.246 e. The van der Waals surface area contributed by atoms with Gasteiger partial charge in [0.25, 0.3) is 0 Å². The molecule has 2 aromatic rings. The second kappa shape index (κ2) is 10.1. The van der Waals surface area contributed by atoms with E-state index in [-0.39, 0.29) is 23.6 Å². The molecule has 10 heteroatoms. The summed E-state index contributed by atoms with van der Waals surface area (Å²) in [6.07, 6.45) is 13.0. The van der Waals surface area contributed by atoms with Crippen molar-refractivity contribution < 1.29 is 9.90 Å². The zero-order chi connectivity index (χ0) is 26.3. The Morgan fingerprint density at radius 1 is 1.18 bits per heavy atom. The molecule has 2 aromatic heterocycles. The predicted molar refractivity (Wildman–Crippen MR) is 149 cm³/mol. The third-order valence-corrected chi connectivity index (χ3v) is 8.53. The number of β-amino-alcohol motifs (C(OH)–C–C–N with tert-alkyl or cyclic N) is 1. The number of amides is 1. The number of aliphatic hydroxyl groups excluding tert-OH is 1. The van der Waals surface area contributed by atoms with Gasteiger partial charge in [0.05, 0.1) is 23.5 Å². The summed E-state index contributed by atoms with van der Waals surface area (Å²) in [5, 5.41) is 16.2. The number of piperazine rings is 2. The van der Waals surface area contributed by atoms with Crippen molar-refractivity contribution in [3.8, 4) is 0 Å². The lowest BCUT2D eigenvalue weighted by Crippen LogP contribution is -2.69. The lowest BCUT2D eigenvalue weighted by molar-refractivity contribution is -0.123. The molecule has 5 heterocycles. The highest BCUT2D eigenvalue weighted by Crippen LogP contribution is 2.42. The molecule has 3 fully saturated rings. The number of aliphatic hydroxyl groups is 1. The van der Waals surface area contributed by atoms with Crippen LogP contribution in [-0.2, 0) is 4.79 Å². The zero-order valence-electron chi connectivity index (χ0n) is 22.3. The first-order valence-corrected chi connectivity index (χ1v) is 13.9. The molecule has 1 spiro atoms. The van der Waals surface area contributed by atoms with Crippen LogP contribution in [0.1, 0.15) is 51.5 Å². The number of nitrogens with one attached hydrogen (secondary N) is 2. The summed E-state index contributed by atoms with van der Waals surface area (Å²) in [6, 6.07) is 4.07. The maximum absolute atomic E-state index is 12.8. The van der Waals surface area contributed by atoms with Crippen molar-refractivity contribution >= 4 is 35.3 Å². The van der Waals surface area contributed by atoms with E-state index in [0.717, 1.165) is 49.5 Å². The minimum absolute atomic E-state index is 0.0366. The monoisotopic (exact) mass is 518 g/mol. The molecule has 1 unspecified atom stereocenters. The second-order valence-corrected chi connectivity index (χ2v) is 11.3. The van der Waals surface area contributed by atoms with E-state index in [1.165, 1.54) is 19.3 Å². The fourth-order valence-corrected chi connectivity index (χ4v) is 6.56. The number of hydrogen-bond donors (Lipinski definition) is 3. The number of aromatic nitrogens is 3. The van der Waals surface area contributed by atoms with E-state index in [4.69, 9.17) is 4.98 Å². The molecule has 0 aromatic carbocycles. The number of pyridine rings is 1. The third-order valence-electron chi connectivity index (χ3n) is 8.53. The van der Waals surface area contributed by atoms with E-state index in [0.29, 0.717) is 30.9 Å². The van der Waals surface area contributed by atoms with Gasteiger partial charge in [-0.25, -0.2) is 9.97 Å². The highest BCUT2D eigenvalue weighted by Gasteiger charge is 2.49. The second-order valence-electron chi connectivity index (χ2n) is 11.3. The zero-order valence-corrected chi connectivity index (χ0v) is 22.3. The molecule has 2 saturated heterocycles. The van der Waals surface area contributed by atoms with Crippen LogP contribution in [0.4, 0.5) is 23.3 Å². The average Bonchev–Trinajstić information content (AvgIpc) is 2.92. The van der Waals surface area contributed by atoms with Crippen LogP contribution in [0.15, 0.2) is 30.6 Å². The van der Waals surface area contributed by atoms with Crippen molar-refractivity contribution in [3.63, 3.8) is 0 Å². The molecular formula is C28H38N8O2. The highest BCUT2D eigenvalue weighted by molar-refractivity contribution is 5.93. The van der Waals surface area contributed by atoms with Crippen molar-refractivity contribution in [2.45, 2.75) is 69.7 Å². The maximum atomic E-state index is 12.8. The third kappa shape index (κ3) is 4.71. The first-order valence-electron chi connectivity index (χ1n) is 13.9. The normalized spacial score (nSPS) is 25.5. The van der Waals surface area contributed by atoms with Crippen molar-refractivity contribution in [2.24, 2.45) is 0 Å². The van der Waals surface area contributed by atoms with Gasteiger partial charge in [0.2, 0.25) is 11.9 Å². The number of rotatable bonds is 5. The predicted octanol–water partition coefficient (Wildman–Crippen LogP) is 2.54. The molecule has 202 valence electrons. The van der Waals surface area contributed by atoms with Crippen LogP contribution in [0, 0.1) is 0 Å². The van der Waals surface area contributed by atoms with Gasteiger partial charge in [0, 0.05) is 50.5 Å². The maximum Gasteiger partial charge on any atom is 0.246 e. The van der Waals surface area contributed by atoms with Crippen LogP contribution in [0.25, 0.3) is 6.08 Å². The van der Waals surface area contributed by atoms with E-state index in [2.05, 4.69) is 48.3 Å². The number of hydrogen-bond acceptors (Lipinski definition) is 9. The van der Waals surface area contributed by atoms with Crippen molar-refractivity contribution in [1.29, 1.82) is 0 Å². The fraction of sp³-hybridized carbons (Fsp3) is 0.571. The molecule has 3 aliphatic heterocycles.